The van der Waals surface area contributed by atoms with Gasteiger partial charge in [0.25, 0.3) is 5.91 Å². The van der Waals surface area contributed by atoms with Crippen LogP contribution in [0.2, 0.25) is 0 Å². The number of benzene rings is 2. The highest BCUT2D eigenvalue weighted by Gasteiger charge is 2.13. The average molecular weight is 273 g/mol. The fourth-order valence-electron chi connectivity index (χ4n) is 2.32. The van der Waals surface area contributed by atoms with Gasteiger partial charge in [-0.3, -0.25) is 4.79 Å². The van der Waals surface area contributed by atoms with E-state index in [0.717, 1.165) is 22.8 Å². The third-order valence-corrected chi connectivity index (χ3v) is 3.11. The van der Waals surface area contributed by atoms with Gasteiger partial charge in [-0.1, -0.05) is 17.7 Å². The minimum Gasteiger partial charge on any atom is -0.505 e. The summed E-state index contributed by atoms with van der Waals surface area (Å²) in [5.41, 5.74) is 3.74. The molecule has 2 N–H and O–H groups in total. The highest BCUT2D eigenvalue weighted by Crippen LogP contribution is 2.22. The zero-order chi connectivity index (χ0) is 14.9. The Morgan fingerprint density at radius 2 is 1.70 bits per heavy atom. The summed E-state index contributed by atoms with van der Waals surface area (Å²) in [6.45, 7) is 5.70. The highest BCUT2D eigenvalue weighted by molar-refractivity contribution is 6.06. The van der Waals surface area contributed by atoms with Crippen molar-refractivity contribution in [3.05, 3.63) is 58.4 Å². The van der Waals surface area contributed by atoms with Crippen molar-refractivity contribution in [1.29, 1.82) is 0 Å². The van der Waals surface area contributed by atoms with Gasteiger partial charge in [-0.2, -0.15) is 0 Å². The van der Waals surface area contributed by atoms with E-state index in [9.17, 15) is 9.18 Å². The molecule has 2 aromatic carbocycles. The van der Waals surface area contributed by atoms with Crippen molar-refractivity contribution in [2.45, 2.75) is 20.8 Å². The summed E-state index contributed by atoms with van der Waals surface area (Å²) in [7, 11) is 0. The maximum Gasteiger partial charge on any atom is 0.256 e. The molecule has 104 valence electrons. The van der Waals surface area contributed by atoms with Crippen molar-refractivity contribution in [3.63, 3.8) is 0 Å². The van der Waals surface area contributed by atoms with Gasteiger partial charge in [0.05, 0.1) is 0 Å². The van der Waals surface area contributed by atoms with Gasteiger partial charge < -0.3 is 10.4 Å². The molecule has 0 fully saturated rings. The Hall–Kier alpha value is -2.36. The molecule has 0 aliphatic rings. The van der Waals surface area contributed by atoms with Crippen molar-refractivity contribution in [1.82, 2.24) is 0 Å². The molecule has 0 aliphatic carbocycles. The first-order valence-electron chi connectivity index (χ1n) is 6.26. The van der Waals surface area contributed by atoms with E-state index in [1.807, 2.05) is 32.9 Å². The number of aryl methyl sites for hydroxylation is 3. The van der Waals surface area contributed by atoms with Crippen molar-refractivity contribution in [3.8, 4) is 5.75 Å². The second kappa shape index (κ2) is 5.33. The van der Waals surface area contributed by atoms with Crippen LogP contribution in [0.15, 0.2) is 30.3 Å². The first kappa shape index (κ1) is 14.1. The Labute approximate surface area is 117 Å². The molecule has 0 saturated heterocycles. The quantitative estimate of drug-likeness (QED) is 0.819. The minimum absolute atomic E-state index is 0.287. The molecule has 0 bridgehead atoms. The fourth-order valence-corrected chi connectivity index (χ4v) is 2.32. The molecule has 0 unspecified atom stereocenters. The molecule has 20 heavy (non-hydrogen) atoms. The van der Waals surface area contributed by atoms with E-state index in [0.29, 0.717) is 11.3 Å². The van der Waals surface area contributed by atoms with Crippen molar-refractivity contribution in [2.75, 3.05) is 5.32 Å². The summed E-state index contributed by atoms with van der Waals surface area (Å²) >= 11 is 0. The summed E-state index contributed by atoms with van der Waals surface area (Å²) in [5.74, 6) is -1.49. The molecule has 3 nitrogen and oxygen atoms in total. The predicted octanol–water partition coefficient (Wildman–Crippen LogP) is 3.71. The van der Waals surface area contributed by atoms with Crippen LogP contribution in [0.4, 0.5) is 10.1 Å². The van der Waals surface area contributed by atoms with E-state index >= 15 is 0 Å². The topological polar surface area (TPSA) is 49.3 Å². The molecular weight excluding hydrogens is 257 g/mol. The Bertz CT molecular complexity index is 657. The lowest BCUT2D eigenvalue weighted by Gasteiger charge is -2.12. The third kappa shape index (κ3) is 2.79. The van der Waals surface area contributed by atoms with Gasteiger partial charge in [0, 0.05) is 17.3 Å². The molecule has 2 rings (SSSR count). The van der Waals surface area contributed by atoms with Gasteiger partial charge in [-0.25, -0.2) is 4.39 Å². The molecule has 0 saturated carbocycles. The van der Waals surface area contributed by atoms with Crippen LogP contribution >= 0.6 is 0 Å². The van der Waals surface area contributed by atoms with Crippen LogP contribution in [0.3, 0.4) is 0 Å². The summed E-state index contributed by atoms with van der Waals surface area (Å²) in [5, 5.41) is 11.8. The Kier molecular flexibility index (Phi) is 3.74. The smallest absolute Gasteiger partial charge is 0.256 e. The monoisotopic (exact) mass is 273 g/mol. The number of hydrogen-bond acceptors (Lipinski definition) is 2. The maximum absolute atomic E-state index is 13.2. The lowest BCUT2D eigenvalue weighted by molar-refractivity contribution is 0.102. The van der Waals surface area contributed by atoms with Crippen LogP contribution in [0, 0.1) is 26.6 Å². The molecule has 1 amide bonds. The number of nitrogens with one attached hydrogen (secondary N) is 1. The third-order valence-electron chi connectivity index (χ3n) is 3.11. The lowest BCUT2D eigenvalue weighted by Crippen LogP contribution is -2.15. The number of aromatic hydroxyl groups is 1. The first-order valence-corrected chi connectivity index (χ1v) is 6.26. The van der Waals surface area contributed by atoms with E-state index in [2.05, 4.69) is 5.32 Å². The van der Waals surface area contributed by atoms with Crippen LogP contribution in [0.1, 0.15) is 27.0 Å². The van der Waals surface area contributed by atoms with Gasteiger partial charge in [-0.05, 0) is 44.0 Å². The highest BCUT2D eigenvalue weighted by atomic mass is 19.1. The average Bonchev–Trinajstić information content (AvgIpc) is 2.32. The van der Waals surface area contributed by atoms with Gasteiger partial charge in [0.2, 0.25) is 0 Å². The molecule has 0 heterocycles. The SMILES string of the molecule is Cc1cc(C)c(C(=O)Nc2ccc(O)c(F)c2)c(C)c1. The van der Waals surface area contributed by atoms with Crippen LogP contribution in [-0.4, -0.2) is 11.0 Å². The van der Waals surface area contributed by atoms with Crippen molar-refractivity contribution in [2.24, 2.45) is 0 Å². The van der Waals surface area contributed by atoms with Gasteiger partial charge >= 0.3 is 0 Å². The molecule has 2 aromatic rings. The molecule has 0 spiro atoms. The number of rotatable bonds is 2. The summed E-state index contributed by atoms with van der Waals surface area (Å²) in [6, 6.07) is 7.61. The van der Waals surface area contributed by atoms with Crippen molar-refractivity contribution < 1.29 is 14.3 Å². The maximum atomic E-state index is 13.2. The number of phenols is 1. The summed E-state index contributed by atoms with van der Waals surface area (Å²) in [6.07, 6.45) is 0. The number of hydrogen-bond donors (Lipinski definition) is 2. The van der Waals surface area contributed by atoms with Crippen LogP contribution in [-0.2, 0) is 0 Å². The summed E-state index contributed by atoms with van der Waals surface area (Å²) < 4.78 is 13.2. The Balaban J connectivity index is 2.31. The number of carbonyl (C=O) groups excluding carboxylic acids is 1. The van der Waals surface area contributed by atoms with E-state index < -0.39 is 11.6 Å². The second-order valence-electron chi connectivity index (χ2n) is 4.89. The van der Waals surface area contributed by atoms with Gasteiger partial charge in [0.15, 0.2) is 11.6 Å². The Morgan fingerprint density at radius 1 is 1.10 bits per heavy atom. The zero-order valence-electron chi connectivity index (χ0n) is 11.6. The van der Waals surface area contributed by atoms with E-state index in [-0.39, 0.29) is 5.91 Å². The van der Waals surface area contributed by atoms with E-state index in [4.69, 9.17) is 5.11 Å². The zero-order valence-corrected chi connectivity index (χ0v) is 11.6. The lowest BCUT2D eigenvalue weighted by atomic mass is 9.99. The first-order chi connectivity index (χ1) is 9.38. The molecule has 0 aromatic heterocycles. The molecule has 4 heteroatoms. The number of anilines is 1. The minimum atomic E-state index is -0.764. The normalized spacial score (nSPS) is 10.4. The number of halogens is 1. The summed E-state index contributed by atoms with van der Waals surface area (Å²) in [4.78, 5) is 12.3. The second-order valence-corrected chi connectivity index (χ2v) is 4.89. The van der Waals surface area contributed by atoms with Gasteiger partial charge in [-0.15, -0.1) is 0 Å². The van der Waals surface area contributed by atoms with E-state index in [1.165, 1.54) is 12.1 Å². The predicted molar refractivity (Wildman–Crippen MR) is 76.7 cm³/mol. The fraction of sp³-hybridized carbons (Fsp3) is 0.188. The van der Waals surface area contributed by atoms with Crippen molar-refractivity contribution >= 4 is 11.6 Å². The molecular formula is C16H16FNO2. The molecule has 0 atom stereocenters. The van der Waals surface area contributed by atoms with Crippen LogP contribution in [0.25, 0.3) is 0 Å². The number of phenolic OH excluding ortho intramolecular Hbond substituents is 1. The number of carbonyl (C=O) groups is 1. The van der Waals surface area contributed by atoms with Crippen LogP contribution < -0.4 is 5.32 Å². The van der Waals surface area contributed by atoms with Crippen LogP contribution in [0.5, 0.6) is 5.75 Å². The Morgan fingerprint density at radius 3 is 2.25 bits per heavy atom. The molecule has 0 aliphatic heterocycles. The standard InChI is InChI=1S/C16H16FNO2/c1-9-6-10(2)15(11(3)7-9)16(20)18-12-4-5-14(19)13(17)8-12/h4-8,19H,1-3H3,(H,18,20). The van der Waals surface area contributed by atoms with E-state index in [1.54, 1.807) is 0 Å². The van der Waals surface area contributed by atoms with Gasteiger partial charge in [0.1, 0.15) is 0 Å². The molecule has 0 radical (unpaired) electrons. The largest absolute Gasteiger partial charge is 0.505 e. The number of amides is 1.